The molecule has 1 aromatic carbocycles. The fraction of sp³-hybridized carbons (Fsp3) is 0.467. The summed E-state index contributed by atoms with van der Waals surface area (Å²) >= 11 is 0. The monoisotopic (exact) mass is 243 g/mol. The Balaban J connectivity index is 1.86. The molecule has 18 heavy (non-hydrogen) atoms. The van der Waals surface area contributed by atoms with Crippen LogP contribution in [0.25, 0.3) is 6.08 Å². The van der Waals surface area contributed by atoms with E-state index in [2.05, 4.69) is 46.6 Å². The topological polar surface area (TPSA) is 41.3 Å². The van der Waals surface area contributed by atoms with Crippen LogP contribution in [0.4, 0.5) is 5.69 Å². The first-order valence-corrected chi connectivity index (χ1v) is 6.86. The van der Waals surface area contributed by atoms with Crippen LogP contribution < -0.4 is 16.0 Å². The Morgan fingerprint density at radius 2 is 2.22 bits per heavy atom. The molecule has 0 radical (unpaired) electrons. The van der Waals surface area contributed by atoms with Gasteiger partial charge in [0.25, 0.3) is 0 Å². The number of benzene rings is 1. The lowest BCUT2D eigenvalue weighted by Gasteiger charge is -2.37. The Labute approximate surface area is 109 Å². The predicted molar refractivity (Wildman–Crippen MR) is 76.7 cm³/mol. The molecule has 0 aromatic heterocycles. The number of rotatable bonds is 3. The van der Waals surface area contributed by atoms with Gasteiger partial charge in [-0.15, -0.1) is 0 Å². The molecule has 0 spiro atoms. The lowest BCUT2D eigenvalue weighted by molar-refractivity contribution is 0.556. The van der Waals surface area contributed by atoms with Gasteiger partial charge in [-0.2, -0.15) is 0 Å². The quantitative estimate of drug-likeness (QED) is 0.847. The van der Waals surface area contributed by atoms with Crippen molar-refractivity contribution in [3.8, 4) is 0 Å². The van der Waals surface area contributed by atoms with Crippen molar-refractivity contribution in [1.29, 1.82) is 0 Å². The highest BCUT2D eigenvalue weighted by atomic mass is 15.2. The molecule has 1 unspecified atom stereocenters. The number of nitrogens with zero attached hydrogens (tertiary/aromatic N) is 1. The highest BCUT2D eigenvalue weighted by Gasteiger charge is 2.25. The zero-order valence-electron chi connectivity index (χ0n) is 10.7. The average molecular weight is 243 g/mol. The summed E-state index contributed by atoms with van der Waals surface area (Å²) in [6, 6.07) is 9.53. The van der Waals surface area contributed by atoms with Gasteiger partial charge in [0.1, 0.15) is 0 Å². The molecule has 3 nitrogen and oxygen atoms in total. The Morgan fingerprint density at radius 3 is 3.00 bits per heavy atom. The van der Waals surface area contributed by atoms with E-state index in [4.69, 9.17) is 5.73 Å². The number of fused-ring (bicyclic) bond motifs is 1. The van der Waals surface area contributed by atoms with E-state index in [1.54, 1.807) is 0 Å². The van der Waals surface area contributed by atoms with Gasteiger partial charge in [-0.05, 0) is 31.0 Å². The minimum absolute atomic E-state index is 0.335. The van der Waals surface area contributed by atoms with Crippen LogP contribution in [-0.2, 0) is 0 Å². The highest BCUT2D eigenvalue weighted by molar-refractivity contribution is 5.72. The van der Waals surface area contributed by atoms with Crippen LogP contribution in [0.1, 0.15) is 18.4 Å². The molecule has 0 aliphatic carbocycles. The van der Waals surface area contributed by atoms with Crippen LogP contribution in [0.2, 0.25) is 0 Å². The average Bonchev–Trinajstić information content (AvgIpc) is 2.92. The third-order valence-electron chi connectivity index (χ3n) is 3.97. The molecule has 2 aliphatic rings. The molecule has 3 N–H and O–H groups in total. The molecule has 1 fully saturated rings. The second-order valence-electron chi connectivity index (χ2n) is 5.17. The maximum Gasteiger partial charge on any atom is 0.0599 e. The van der Waals surface area contributed by atoms with Crippen LogP contribution >= 0.6 is 0 Å². The normalized spacial score (nSPS) is 26.4. The fourth-order valence-electron chi connectivity index (χ4n) is 2.98. The maximum atomic E-state index is 5.91. The first kappa shape index (κ1) is 11.8. The molecule has 1 saturated heterocycles. The van der Waals surface area contributed by atoms with E-state index in [9.17, 15) is 0 Å². The van der Waals surface area contributed by atoms with Crippen molar-refractivity contribution >= 4 is 11.8 Å². The Morgan fingerprint density at radius 1 is 1.33 bits per heavy atom. The van der Waals surface area contributed by atoms with Crippen molar-refractivity contribution in [2.45, 2.75) is 24.9 Å². The molecule has 1 aromatic rings. The zero-order chi connectivity index (χ0) is 12.4. The number of nitrogens with one attached hydrogen (secondary N) is 1. The third-order valence-corrected chi connectivity index (χ3v) is 3.97. The Bertz CT molecular complexity index is 435. The number of para-hydroxylation sites is 1. The number of hydrogen-bond acceptors (Lipinski definition) is 3. The lowest BCUT2D eigenvalue weighted by Crippen LogP contribution is -2.47. The molecule has 0 saturated carbocycles. The summed E-state index contributed by atoms with van der Waals surface area (Å²) in [4.78, 5) is 2.46. The molecule has 2 atom stereocenters. The van der Waals surface area contributed by atoms with Crippen molar-refractivity contribution in [2.75, 3.05) is 24.5 Å². The van der Waals surface area contributed by atoms with Crippen molar-refractivity contribution in [1.82, 2.24) is 5.32 Å². The minimum atomic E-state index is 0.335. The summed E-state index contributed by atoms with van der Waals surface area (Å²) < 4.78 is 0. The number of hydrogen-bond donors (Lipinski definition) is 2. The van der Waals surface area contributed by atoms with E-state index in [1.807, 2.05) is 0 Å². The first-order chi connectivity index (χ1) is 8.88. The summed E-state index contributed by atoms with van der Waals surface area (Å²) in [5.41, 5.74) is 8.54. The molecule has 3 heteroatoms. The largest absolute Gasteiger partial charge is 0.362 e. The van der Waals surface area contributed by atoms with Crippen LogP contribution in [0.3, 0.4) is 0 Å². The van der Waals surface area contributed by atoms with Gasteiger partial charge in [0, 0.05) is 24.8 Å². The molecule has 2 heterocycles. The van der Waals surface area contributed by atoms with E-state index in [0.717, 1.165) is 13.1 Å². The Kier molecular flexibility index (Phi) is 3.35. The smallest absolute Gasteiger partial charge is 0.0599 e. The summed E-state index contributed by atoms with van der Waals surface area (Å²) in [7, 11) is 0. The minimum Gasteiger partial charge on any atom is -0.362 e. The van der Waals surface area contributed by atoms with Gasteiger partial charge in [-0.1, -0.05) is 30.4 Å². The van der Waals surface area contributed by atoms with Crippen LogP contribution in [0, 0.1) is 0 Å². The van der Waals surface area contributed by atoms with Gasteiger partial charge in [-0.25, -0.2) is 0 Å². The van der Waals surface area contributed by atoms with Gasteiger partial charge >= 0.3 is 0 Å². The van der Waals surface area contributed by atoms with Gasteiger partial charge in [0.2, 0.25) is 0 Å². The fourth-order valence-corrected chi connectivity index (χ4v) is 2.98. The molecule has 3 rings (SSSR count). The summed E-state index contributed by atoms with van der Waals surface area (Å²) in [6.45, 7) is 2.89. The molecular formula is C15H21N3. The van der Waals surface area contributed by atoms with Gasteiger partial charge in [0.05, 0.1) is 6.04 Å². The van der Waals surface area contributed by atoms with Crippen molar-refractivity contribution in [3.63, 3.8) is 0 Å². The standard InChI is InChI=1S/C15H21N3/c16-10-14-8-7-12-4-1-2-6-15(12)18(14)11-13-5-3-9-17-13/h1-2,4,6-8,13-14,17H,3,5,9-11,16H2/t13?,14-/m0/s1. The van der Waals surface area contributed by atoms with Crippen molar-refractivity contribution in [3.05, 3.63) is 35.9 Å². The van der Waals surface area contributed by atoms with Crippen LogP contribution in [-0.4, -0.2) is 31.7 Å². The van der Waals surface area contributed by atoms with E-state index >= 15 is 0 Å². The predicted octanol–water partition coefficient (Wildman–Crippen LogP) is 1.60. The second kappa shape index (κ2) is 5.12. The van der Waals surface area contributed by atoms with E-state index in [-0.39, 0.29) is 0 Å². The second-order valence-corrected chi connectivity index (χ2v) is 5.17. The summed E-state index contributed by atoms with van der Waals surface area (Å²) in [6.07, 6.45) is 7.01. The lowest BCUT2D eigenvalue weighted by atomic mass is 10.0. The maximum absolute atomic E-state index is 5.91. The number of anilines is 1. The van der Waals surface area contributed by atoms with Gasteiger partial charge < -0.3 is 16.0 Å². The van der Waals surface area contributed by atoms with E-state index < -0.39 is 0 Å². The molecule has 96 valence electrons. The van der Waals surface area contributed by atoms with Gasteiger partial charge in [-0.3, -0.25) is 0 Å². The number of nitrogens with two attached hydrogens (primary N) is 1. The molecule has 2 aliphatic heterocycles. The molecule has 0 bridgehead atoms. The van der Waals surface area contributed by atoms with E-state index in [1.165, 1.54) is 24.1 Å². The third kappa shape index (κ3) is 2.16. The van der Waals surface area contributed by atoms with Crippen molar-refractivity contribution < 1.29 is 0 Å². The van der Waals surface area contributed by atoms with Crippen molar-refractivity contribution in [2.24, 2.45) is 5.73 Å². The highest BCUT2D eigenvalue weighted by Crippen LogP contribution is 2.29. The summed E-state index contributed by atoms with van der Waals surface area (Å²) in [5, 5.41) is 3.57. The first-order valence-electron chi connectivity index (χ1n) is 6.86. The zero-order valence-corrected chi connectivity index (χ0v) is 10.7. The SMILES string of the molecule is NC[C@@H]1C=Cc2ccccc2N1CC1CCCN1. The van der Waals surface area contributed by atoms with E-state index in [0.29, 0.717) is 18.6 Å². The van der Waals surface area contributed by atoms with Gasteiger partial charge in [0.15, 0.2) is 0 Å². The van der Waals surface area contributed by atoms with Crippen LogP contribution in [0.5, 0.6) is 0 Å². The van der Waals surface area contributed by atoms with Crippen LogP contribution in [0.15, 0.2) is 30.3 Å². The molecule has 0 amide bonds. The Hall–Kier alpha value is -1.32. The molecular weight excluding hydrogens is 222 g/mol. The summed E-state index contributed by atoms with van der Waals surface area (Å²) in [5.74, 6) is 0.